The molecule has 0 aliphatic rings. The molecule has 2 N–H and O–H groups in total. The van der Waals surface area contributed by atoms with Crippen LogP contribution in [0.25, 0.3) is 6.08 Å². The minimum absolute atomic E-state index is 0.0307. The summed E-state index contributed by atoms with van der Waals surface area (Å²) in [5.41, 5.74) is 0.671. The lowest BCUT2D eigenvalue weighted by Gasteiger charge is -2.16. The molecule has 0 radical (unpaired) electrons. The van der Waals surface area contributed by atoms with E-state index in [0.717, 1.165) is 0 Å². The fourth-order valence-corrected chi connectivity index (χ4v) is 1.40. The summed E-state index contributed by atoms with van der Waals surface area (Å²) in [5.74, 6) is -2.52. The van der Waals surface area contributed by atoms with Gasteiger partial charge in [0.15, 0.2) is 0 Å². The van der Waals surface area contributed by atoms with E-state index in [9.17, 15) is 19.5 Å². The number of carboxylic acid groups (broad SMARTS) is 1. The molecule has 0 spiro atoms. The minimum Gasteiger partial charge on any atom is -0.548 e. The minimum atomic E-state index is -1.40. The predicted octanol–water partition coefficient (Wildman–Crippen LogP) is -0.582. The molecule has 6 heteroatoms. The lowest BCUT2D eigenvalue weighted by atomic mass is 10.2. The van der Waals surface area contributed by atoms with Crippen LogP contribution < -0.4 is 15.7 Å². The van der Waals surface area contributed by atoms with Crippen LogP contribution in [-0.2, 0) is 14.4 Å². The van der Waals surface area contributed by atoms with Crippen LogP contribution in [0, 0.1) is 0 Å². The molecule has 1 rings (SSSR count). The fourth-order valence-electron chi connectivity index (χ4n) is 1.40. The van der Waals surface area contributed by atoms with Gasteiger partial charge in [0.2, 0.25) is 5.91 Å². The van der Waals surface area contributed by atoms with E-state index in [1.165, 1.54) is 19.9 Å². The number of carbonyl (C=O) groups is 3. The van der Waals surface area contributed by atoms with Crippen LogP contribution in [0.2, 0.25) is 0 Å². The second kappa shape index (κ2) is 7.08. The van der Waals surface area contributed by atoms with Crippen LogP contribution >= 0.6 is 0 Å². The van der Waals surface area contributed by atoms with Gasteiger partial charge in [-0.25, -0.2) is 0 Å². The van der Waals surface area contributed by atoms with Crippen LogP contribution in [0.15, 0.2) is 36.0 Å². The molecule has 0 saturated carbocycles. The molecule has 0 aliphatic carbocycles. The maximum absolute atomic E-state index is 11.9. The van der Waals surface area contributed by atoms with Crippen LogP contribution in [0.3, 0.4) is 0 Å². The predicted molar refractivity (Wildman–Crippen MR) is 70.8 cm³/mol. The summed E-state index contributed by atoms with van der Waals surface area (Å²) in [6.45, 7) is 2.54. The Hall–Kier alpha value is -2.63. The van der Waals surface area contributed by atoms with Crippen molar-refractivity contribution in [2.75, 3.05) is 0 Å². The van der Waals surface area contributed by atoms with Crippen molar-refractivity contribution in [3.05, 3.63) is 41.6 Å². The molecule has 20 heavy (non-hydrogen) atoms. The van der Waals surface area contributed by atoms with Gasteiger partial charge in [-0.2, -0.15) is 0 Å². The smallest absolute Gasteiger partial charge is 0.268 e. The molecule has 0 heterocycles. The van der Waals surface area contributed by atoms with E-state index in [4.69, 9.17) is 0 Å². The van der Waals surface area contributed by atoms with Gasteiger partial charge in [0.25, 0.3) is 5.91 Å². The maximum atomic E-state index is 11.9. The van der Waals surface area contributed by atoms with E-state index in [2.05, 4.69) is 10.6 Å². The van der Waals surface area contributed by atoms with E-state index in [0.29, 0.717) is 5.56 Å². The average Bonchev–Trinajstić information content (AvgIpc) is 2.38. The van der Waals surface area contributed by atoms with Crippen LogP contribution in [0.1, 0.15) is 19.4 Å². The summed E-state index contributed by atoms with van der Waals surface area (Å²) in [6, 6.07) is 7.70. The Balaban J connectivity index is 2.95. The number of benzene rings is 1. The van der Waals surface area contributed by atoms with E-state index in [-0.39, 0.29) is 5.70 Å². The quantitative estimate of drug-likeness (QED) is 0.702. The molecule has 0 aliphatic heterocycles. The highest BCUT2D eigenvalue weighted by Gasteiger charge is 2.14. The summed E-state index contributed by atoms with van der Waals surface area (Å²) in [6.07, 6.45) is 1.46. The Morgan fingerprint density at radius 1 is 1.20 bits per heavy atom. The van der Waals surface area contributed by atoms with Crippen molar-refractivity contribution in [1.29, 1.82) is 0 Å². The van der Waals surface area contributed by atoms with Gasteiger partial charge in [-0.1, -0.05) is 30.3 Å². The Bertz CT molecular complexity index is 537. The highest BCUT2D eigenvalue weighted by Crippen LogP contribution is 2.05. The zero-order valence-corrected chi connectivity index (χ0v) is 11.2. The molecular weight excluding hydrogens is 260 g/mol. The number of nitrogens with one attached hydrogen (secondary N) is 2. The van der Waals surface area contributed by atoms with Gasteiger partial charge in [-0.05, 0) is 18.6 Å². The Labute approximate surface area is 116 Å². The monoisotopic (exact) mass is 275 g/mol. The maximum Gasteiger partial charge on any atom is 0.268 e. The number of amides is 2. The molecule has 106 valence electrons. The fraction of sp³-hybridized carbons (Fsp3) is 0.214. The zero-order valence-electron chi connectivity index (χ0n) is 11.2. The first-order valence-corrected chi connectivity index (χ1v) is 5.96. The summed E-state index contributed by atoms with van der Waals surface area (Å²) in [7, 11) is 0. The van der Waals surface area contributed by atoms with Crippen molar-refractivity contribution >= 4 is 23.9 Å². The number of aliphatic carboxylic acids is 1. The van der Waals surface area contributed by atoms with Gasteiger partial charge in [0.05, 0.1) is 12.0 Å². The first-order chi connectivity index (χ1) is 9.40. The first kappa shape index (κ1) is 15.4. The number of carbonyl (C=O) groups excluding carboxylic acids is 3. The zero-order chi connectivity index (χ0) is 15.1. The van der Waals surface area contributed by atoms with Gasteiger partial charge in [0, 0.05) is 6.92 Å². The molecule has 1 atom stereocenters. The second-order valence-corrected chi connectivity index (χ2v) is 4.16. The van der Waals surface area contributed by atoms with Crippen LogP contribution in [-0.4, -0.2) is 23.8 Å². The Morgan fingerprint density at radius 2 is 1.80 bits per heavy atom. The number of carboxylic acids is 1. The van der Waals surface area contributed by atoms with Crippen LogP contribution in [0.5, 0.6) is 0 Å². The van der Waals surface area contributed by atoms with Gasteiger partial charge >= 0.3 is 0 Å². The second-order valence-electron chi connectivity index (χ2n) is 4.16. The average molecular weight is 275 g/mol. The van der Waals surface area contributed by atoms with E-state index in [1.54, 1.807) is 24.3 Å². The highest BCUT2D eigenvalue weighted by atomic mass is 16.4. The third-order valence-electron chi connectivity index (χ3n) is 2.37. The van der Waals surface area contributed by atoms with Crippen molar-refractivity contribution in [3.8, 4) is 0 Å². The van der Waals surface area contributed by atoms with Crippen molar-refractivity contribution in [3.63, 3.8) is 0 Å². The SMILES string of the molecule is CC(=O)N/C(=C\c1ccccc1)C(=O)N[C@@H](C)C(=O)[O-]. The van der Waals surface area contributed by atoms with Gasteiger partial charge < -0.3 is 20.5 Å². The van der Waals surface area contributed by atoms with Gasteiger partial charge in [0.1, 0.15) is 5.70 Å². The van der Waals surface area contributed by atoms with E-state index < -0.39 is 23.8 Å². The van der Waals surface area contributed by atoms with Crippen LogP contribution in [0.4, 0.5) is 0 Å². The first-order valence-electron chi connectivity index (χ1n) is 5.96. The molecule has 2 amide bonds. The molecule has 0 aromatic heterocycles. The van der Waals surface area contributed by atoms with Crippen molar-refractivity contribution < 1.29 is 19.5 Å². The summed E-state index contributed by atoms with van der Waals surface area (Å²) < 4.78 is 0. The molecule has 1 aromatic carbocycles. The molecule has 0 saturated heterocycles. The number of hydrogen-bond donors (Lipinski definition) is 2. The summed E-state index contributed by atoms with van der Waals surface area (Å²) in [5, 5.41) is 15.2. The number of hydrogen-bond acceptors (Lipinski definition) is 4. The summed E-state index contributed by atoms with van der Waals surface area (Å²) >= 11 is 0. The van der Waals surface area contributed by atoms with Crippen molar-refractivity contribution in [2.24, 2.45) is 0 Å². The lowest BCUT2D eigenvalue weighted by molar-refractivity contribution is -0.307. The molecule has 6 nitrogen and oxygen atoms in total. The summed E-state index contributed by atoms with van der Waals surface area (Å²) in [4.78, 5) is 33.6. The Kier molecular flexibility index (Phi) is 5.46. The molecule has 0 unspecified atom stereocenters. The Morgan fingerprint density at radius 3 is 2.30 bits per heavy atom. The topological polar surface area (TPSA) is 98.3 Å². The molecular formula is C14H15N2O4-. The van der Waals surface area contributed by atoms with Gasteiger partial charge in [-0.15, -0.1) is 0 Å². The molecule has 0 bridgehead atoms. The van der Waals surface area contributed by atoms with E-state index in [1.807, 2.05) is 6.07 Å². The highest BCUT2D eigenvalue weighted by molar-refractivity contribution is 6.02. The molecule has 0 fully saturated rings. The lowest BCUT2D eigenvalue weighted by Crippen LogP contribution is -2.47. The third kappa shape index (κ3) is 4.93. The van der Waals surface area contributed by atoms with Crippen molar-refractivity contribution in [1.82, 2.24) is 10.6 Å². The number of rotatable bonds is 5. The normalized spacial score (nSPS) is 12.4. The largest absolute Gasteiger partial charge is 0.548 e. The van der Waals surface area contributed by atoms with Gasteiger partial charge in [-0.3, -0.25) is 9.59 Å². The van der Waals surface area contributed by atoms with E-state index >= 15 is 0 Å². The third-order valence-corrected chi connectivity index (χ3v) is 2.37. The van der Waals surface area contributed by atoms with Crippen molar-refractivity contribution in [2.45, 2.75) is 19.9 Å². The standard InChI is InChI=1S/C14H16N2O4/c1-9(14(19)20)15-13(18)12(16-10(2)17)8-11-6-4-3-5-7-11/h3-9H,1-2H3,(H,15,18)(H,16,17)(H,19,20)/p-1/b12-8-/t9-/m0/s1. The molecule has 1 aromatic rings.